The highest BCUT2D eigenvalue weighted by molar-refractivity contribution is 5.70. The SMILES string of the molecule is CCCCCCCCCCCCCCCCCCCCCCCCCCCC(=O)OCC(O)COC(OCC[N+](C)(C)C)C(=O)O. The number of esters is 1. The van der Waals surface area contributed by atoms with Crippen molar-refractivity contribution in [2.75, 3.05) is 47.5 Å². The van der Waals surface area contributed by atoms with Gasteiger partial charge in [-0.25, -0.2) is 4.79 Å². The summed E-state index contributed by atoms with van der Waals surface area (Å²) < 4.78 is 16.2. The minimum Gasteiger partial charge on any atom is -0.477 e. The molecule has 46 heavy (non-hydrogen) atoms. The van der Waals surface area contributed by atoms with Crippen LogP contribution in [0.2, 0.25) is 0 Å². The lowest BCUT2D eigenvalue weighted by Gasteiger charge is -2.24. The molecule has 0 aromatic rings. The number of quaternary nitrogens is 1. The van der Waals surface area contributed by atoms with Gasteiger partial charge in [-0.1, -0.05) is 161 Å². The number of rotatable bonds is 36. The van der Waals surface area contributed by atoms with E-state index in [-0.39, 0.29) is 25.8 Å². The van der Waals surface area contributed by atoms with E-state index < -0.39 is 18.4 Å². The average molecular weight is 659 g/mol. The van der Waals surface area contributed by atoms with Gasteiger partial charge in [0.2, 0.25) is 0 Å². The van der Waals surface area contributed by atoms with E-state index in [2.05, 4.69) is 6.92 Å². The molecule has 2 unspecified atom stereocenters. The van der Waals surface area contributed by atoms with Crippen LogP contribution in [0.4, 0.5) is 0 Å². The molecule has 0 aliphatic heterocycles. The molecule has 0 aliphatic rings. The van der Waals surface area contributed by atoms with Gasteiger partial charge in [0.1, 0.15) is 19.3 Å². The van der Waals surface area contributed by atoms with Crippen molar-refractivity contribution in [2.24, 2.45) is 0 Å². The summed E-state index contributed by atoms with van der Waals surface area (Å²) in [4.78, 5) is 23.3. The summed E-state index contributed by atoms with van der Waals surface area (Å²) in [7, 11) is 5.92. The number of unbranched alkanes of at least 4 members (excludes halogenated alkanes) is 24. The number of aliphatic hydroxyl groups excluding tert-OH is 1. The first kappa shape index (κ1) is 44.8. The zero-order chi connectivity index (χ0) is 34.1. The Labute approximate surface area is 283 Å². The summed E-state index contributed by atoms with van der Waals surface area (Å²) in [6.07, 6.45) is 31.4. The quantitative estimate of drug-likeness (QED) is 0.0299. The van der Waals surface area contributed by atoms with E-state index in [0.717, 1.165) is 19.3 Å². The minimum absolute atomic E-state index is 0.213. The second kappa shape index (κ2) is 32.3. The van der Waals surface area contributed by atoms with Crippen molar-refractivity contribution < 1.29 is 38.5 Å². The van der Waals surface area contributed by atoms with Crippen molar-refractivity contribution in [3.05, 3.63) is 0 Å². The Balaban J connectivity index is 3.41. The van der Waals surface area contributed by atoms with Crippen molar-refractivity contribution in [3.8, 4) is 0 Å². The fraction of sp³-hybridized carbons (Fsp3) is 0.947. The molecule has 0 bridgehead atoms. The molecule has 8 heteroatoms. The molecule has 0 aromatic heterocycles. The summed E-state index contributed by atoms with van der Waals surface area (Å²) in [5.74, 6) is -1.60. The van der Waals surface area contributed by atoms with Crippen LogP contribution in [0.5, 0.6) is 0 Å². The van der Waals surface area contributed by atoms with Gasteiger partial charge >= 0.3 is 11.9 Å². The summed E-state index contributed by atoms with van der Waals surface area (Å²) in [5.41, 5.74) is 0. The number of aliphatic carboxylic acids is 1. The van der Waals surface area contributed by atoms with E-state index in [1.54, 1.807) is 0 Å². The van der Waals surface area contributed by atoms with E-state index in [9.17, 15) is 19.8 Å². The molecule has 2 N–H and O–H groups in total. The Morgan fingerprint density at radius 3 is 1.28 bits per heavy atom. The van der Waals surface area contributed by atoms with Crippen LogP contribution in [-0.2, 0) is 23.8 Å². The number of hydrogen-bond acceptors (Lipinski definition) is 6. The molecule has 0 radical (unpaired) electrons. The number of carboxylic acids is 1. The number of ether oxygens (including phenoxy) is 3. The number of likely N-dealkylation sites (N-methyl/N-ethyl adjacent to an activating group) is 1. The van der Waals surface area contributed by atoms with Crippen LogP contribution in [0, 0.1) is 0 Å². The van der Waals surface area contributed by atoms with Crippen molar-refractivity contribution in [2.45, 2.75) is 186 Å². The van der Waals surface area contributed by atoms with Crippen LogP contribution in [0.15, 0.2) is 0 Å². The molecule has 0 aromatic carbocycles. The largest absolute Gasteiger partial charge is 0.477 e. The highest BCUT2D eigenvalue weighted by atomic mass is 16.7. The van der Waals surface area contributed by atoms with Crippen molar-refractivity contribution in [1.82, 2.24) is 0 Å². The number of aliphatic hydroxyl groups is 1. The third kappa shape index (κ3) is 34.1. The second-order valence-corrected chi connectivity index (χ2v) is 14.5. The molecule has 0 fully saturated rings. The maximum Gasteiger partial charge on any atom is 0.361 e. The molecular weight excluding hydrogens is 582 g/mol. The van der Waals surface area contributed by atoms with Crippen molar-refractivity contribution in [3.63, 3.8) is 0 Å². The second-order valence-electron chi connectivity index (χ2n) is 14.5. The summed E-state index contributed by atoms with van der Waals surface area (Å²) in [5, 5.41) is 19.2. The number of hydrogen-bond donors (Lipinski definition) is 2. The number of carbonyl (C=O) groups is 2. The van der Waals surface area contributed by atoms with Gasteiger partial charge in [-0.05, 0) is 6.42 Å². The number of carbonyl (C=O) groups excluding carboxylic acids is 1. The van der Waals surface area contributed by atoms with E-state index in [1.165, 1.54) is 141 Å². The standard InChI is InChI=1S/C38H75NO7/c1-5-6-7-8-9-10-11-12-13-14-15-16-17-18-19-20-21-22-23-24-25-26-27-28-29-30-36(41)45-33-35(40)34-46-38(37(42)43)44-32-31-39(2,3)4/h35,38,40H,5-34H2,1-4H3/p+1. The van der Waals surface area contributed by atoms with Gasteiger partial charge in [-0.15, -0.1) is 0 Å². The molecule has 0 rings (SSSR count). The van der Waals surface area contributed by atoms with Gasteiger partial charge in [0.15, 0.2) is 0 Å². The highest BCUT2D eigenvalue weighted by Gasteiger charge is 2.22. The summed E-state index contributed by atoms with van der Waals surface area (Å²) in [6, 6.07) is 0. The molecule has 0 saturated carbocycles. The number of carboxylic acid groups (broad SMARTS) is 1. The maximum atomic E-state index is 12.0. The van der Waals surface area contributed by atoms with Gasteiger partial charge in [0, 0.05) is 6.42 Å². The molecule has 0 spiro atoms. The molecule has 0 saturated heterocycles. The molecule has 0 heterocycles. The monoisotopic (exact) mass is 659 g/mol. The lowest BCUT2D eigenvalue weighted by molar-refractivity contribution is -0.870. The third-order valence-electron chi connectivity index (χ3n) is 8.59. The molecule has 2 atom stereocenters. The van der Waals surface area contributed by atoms with Crippen molar-refractivity contribution in [1.29, 1.82) is 0 Å². The van der Waals surface area contributed by atoms with Gasteiger partial charge in [0.25, 0.3) is 6.29 Å². The zero-order valence-corrected chi connectivity index (χ0v) is 30.8. The van der Waals surface area contributed by atoms with Crippen molar-refractivity contribution >= 4 is 11.9 Å². The van der Waals surface area contributed by atoms with Gasteiger partial charge < -0.3 is 28.9 Å². The van der Waals surface area contributed by atoms with Gasteiger partial charge in [0.05, 0.1) is 34.4 Å². The Kier molecular flexibility index (Phi) is 31.5. The maximum absolute atomic E-state index is 12.0. The highest BCUT2D eigenvalue weighted by Crippen LogP contribution is 2.16. The Hall–Kier alpha value is -1.22. The minimum atomic E-state index is -1.46. The smallest absolute Gasteiger partial charge is 0.361 e. The Morgan fingerprint density at radius 2 is 0.935 bits per heavy atom. The predicted octanol–water partition coefficient (Wildman–Crippen LogP) is 9.20. The molecule has 8 nitrogen and oxygen atoms in total. The number of nitrogens with zero attached hydrogens (tertiary/aromatic N) is 1. The van der Waals surface area contributed by atoms with E-state index >= 15 is 0 Å². The summed E-state index contributed by atoms with van der Waals surface area (Å²) >= 11 is 0. The van der Waals surface area contributed by atoms with Gasteiger partial charge in [-0.2, -0.15) is 0 Å². The summed E-state index contributed by atoms with van der Waals surface area (Å²) in [6.45, 7) is 2.62. The molecular formula is C38H76NO7+. The van der Waals surface area contributed by atoms with E-state index in [4.69, 9.17) is 14.2 Å². The molecule has 0 aliphatic carbocycles. The Morgan fingerprint density at radius 1 is 0.565 bits per heavy atom. The van der Waals surface area contributed by atoms with Crippen LogP contribution in [-0.4, -0.2) is 86.5 Å². The van der Waals surface area contributed by atoms with E-state index in [0.29, 0.717) is 17.4 Å². The first-order valence-corrected chi connectivity index (χ1v) is 19.3. The third-order valence-corrected chi connectivity index (χ3v) is 8.59. The topological polar surface area (TPSA) is 102 Å². The normalized spacial score (nSPS) is 13.2. The fourth-order valence-corrected chi connectivity index (χ4v) is 5.54. The lowest BCUT2D eigenvalue weighted by atomic mass is 10.0. The predicted molar refractivity (Wildman–Crippen MR) is 189 cm³/mol. The van der Waals surface area contributed by atoms with Gasteiger partial charge in [-0.3, -0.25) is 4.79 Å². The lowest BCUT2D eigenvalue weighted by Crippen LogP contribution is -2.40. The fourth-order valence-electron chi connectivity index (χ4n) is 5.54. The van der Waals surface area contributed by atoms with Crippen LogP contribution in [0.3, 0.4) is 0 Å². The van der Waals surface area contributed by atoms with Crippen LogP contribution < -0.4 is 0 Å². The van der Waals surface area contributed by atoms with Crippen LogP contribution in [0.1, 0.15) is 174 Å². The molecule has 274 valence electrons. The van der Waals surface area contributed by atoms with Crippen LogP contribution in [0.25, 0.3) is 0 Å². The average Bonchev–Trinajstić information content (AvgIpc) is 3.00. The first-order chi connectivity index (χ1) is 22.2. The van der Waals surface area contributed by atoms with E-state index in [1.807, 2.05) is 21.1 Å². The first-order valence-electron chi connectivity index (χ1n) is 19.3. The van der Waals surface area contributed by atoms with Crippen LogP contribution >= 0.6 is 0 Å². The zero-order valence-electron chi connectivity index (χ0n) is 30.8. The molecule has 0 amide bonds. The Bertz CT molecular complexity index is 682.